The number of tetrazole rings is 1. The topological polar surface area (TPSA) is 94.8 Å². The number of carbonyl (C=O) groups is 1. The Balaban J connectivity index is 1.58. The first-order valence-electron chi connectivity index (χ1n) is 6.58. The predicted octanol–water partition coefficient (Wildman–Crippen LogP) is 2.57. The van der Waals surface area contributed by atoms with Gasteiger partial charge in [0.05, 0.1) is 5.69 Å². The number of hydrogen-bond donors (Lipinski definition) is 1. The highest BCUT2D eigenvalue weighted by atomic mass is 79.9. The fourth-order valence-electron chi connectivity index (χ4n) is 1.81. The molecule has 0 saturated heterocycles. The van der Waals surface area contributed by atoms with Gasteiger partial charge in [0.25, 0.3) is 0 Å². The third-order valence-corrected chi connectivity index (χ3v) is 3.32. The highest BCUT2D eigenvalue weighted by Gasteiger charge is 2.06. The summed E-state index contributed by atoms with van der Waals surface area (Å²) in [5.74, 6) is 0.417. The van der Waals surface area contributed by atoms with Crippen LogP contribution in [-0.4, -0.2) is 31.3 Å². The van der Waals surface area contributed by atoms with Gasteiger partial charge in [0.1, 0.15) is 18.8 Å². The number of amides is 1. The van der Waals surface area contributed by atoms with Gasteiger partial charge < -0.3 is 4.74 Å². The fourth-order valence-corrected chi connectivity index (χ4v) is 2.04. The maximum absolute atomic E-state index is 11.8. The summed E-state index contributed by atoms with van der Waals surface area (Å²) in [5.41, 5.74) is 1.60. The molecule has 0 aliphatic rings. The molecule has 0 radical (unpaired) electrons. The lowest BCUT2D eigenvalue weighted by Crippen LogP contribution is -2.14. The molecule has 3 rings (SSSR count). The fraction of sp³-hybridized carbons (Fsp3) is 0.0714. The summed E-state index contributed by atoms with van der Waals surface area (Å²) in [4.78, 5) is 15.8. The van der Waals surface area contributed by atoms with Crippen molar-refractivity contribution in [3.8, 4) is 5.69 Å². The van der Waals surface area contributed by atoms with Crippen LogP contribution >= 0.6 is 15.9 Å². The second-order valence-corrected chi connectivity index (χ2v) is 5.40. The monoisotopic (exact) mass is 374 g/mol. The second-order valence-electron chi connectivity index (χ2n) is 4.49. The number of rotatable bonds is 4. The number of nitrogens with zero attached hydrogens (tertiary/aromatic N) is 5. The van der Waals surface area contributed by atoms with Gasteiger partial charge >= 0.3 is 6.09 Å². The Morgan fingerprint density at radius 2 is 2.22 bits per heavy atom. The van der Waals surface area contributed by atoms with Crippen LogP contribution in [0.3, 0.4) is 0 Å². The summed E-state index contributed by atoms with van der Waals surface area (Å²) in [6.45, 7) is 0.123. The van der Waals surface area contributed by atoms with Gasteiger partial charge in [-0.1, -0.05) is 12.1 Å². The van der Waals surface area contributed by atoms with Crippen molar-refractivity contribution in [3.05, 3.63) is 59.0 Å². The molecule has 116 valence electrons. The molecular weight excluding hydrogens is 364 g/mol. The Hall–Kier alpha value is -2.81. The molecule has 8 nitrogen and oxygen atoms in total. The first-order chi connectivity index (χ1) is 11.2. The Labute approximate surface area is 139 Å². The molecule has 23 heavy (non-hydrogen) atoms. The van der Waals surface area contributed by atoms with E-state index in [0.717, 1.165) is 15.7 Å². The van der Waals surface area contributed by atoms with Crippen molar-refractivity contribution in [1.29, 1.82) is 0 Å². The molecule has 1 N–H and O–H groups in total. The average molecular weight is 375 g/mol. The number of ether oxygens (including phenoxy) is 1. The van der Waals surface area contributed by atoms with E-state index in [4.69, 9.17) is 4.74 Å². The van der Waals surface area contributed by atoms with E-state index in [1.165, 1.54) is 11.0 Å². The quantitative estimate of drug-likeness (QED) is 0.753. The molecule has 0 aliphatic carbocycles. The first kappa shape index (κ1) is 15.1. The Morgan fingerprint density at radius 3 is 2.96 bits per heavy atom. The smallest absolute Gasteiger partial charge is 0.413 e. The van der Waals surface area contributed by atoms with E-state index in [-0.39, 0.29) is 6.61 Å². The van der Waals surface area contributed by atoms with E-state index in [1.807, 2.05) is 24.3 Å². The van der Waals surface area contributed by atoms with Crippen LogP contribution in [0.15, 0.2) is 53.4 Å². The van der Waals surface area contributed by atoms with Crippen molar-refractivity contribution in [2.75, 3.05) is 5.32 Å². The summed E-state index contributed by atoms with van der Waals surface area (Å²) < 4.78 is 7.52. The van der Waals surface area contributed by atoms with Gasteiger partial charge in [-0.25, -0.2) is 14.5 Å². The minimum atomic E-state index is -0.576. The Kier molecular flexibility index (Phi) is 4.57. The van der Waals surface area contributed by atoms with E-state index in [2.05, 4.69) is 41.8 Å². The van der Waals surface area contributed by atoms with E-state index in [9.17, 15) is 4.79 Å². The number of benzene rings is 1. The molecule has 0 unspecified atom stereocenters. The van der Waals surface area contributed by atoms with Gasteiger partial charge in [-0.15, -0.1) is 5.10 Å². The lowest BCUT2D eigenvalue weighted by molar-refractivity contribution is 0.155. The molecule has 1 aromatic carbocycles. The molecule has 9 heteroatoms. The molecule has 0 fully saturated rings. The molecular formula is C14H11BrN6O2. The lowest BCUT2D eigenvalue weighted by Gasteiger charge is -2.07. The number of aromatic nitrogens is 5. The summed E-state index contributed by atoms with van der Waals surface area (Å²) in [7, 11) is 0. The maximum atomic E-state index is 11.8. The van der Waals surface area contributed by atoms with Gasteiger partial charge in [0, 0.05) is 10.7 Å². The van der Waals surface area contributed by atoms with Crippen molar-refractivity contribution in [2.24, 2.45) is 0 Å². The standard InChI is InChI=1S/C14H11BrN6O2/c15-11-4-5-13(16-7-11)18-14(22)23-8-10-2-1-3-12(6-10)21-9-17-19-20-21/h1-7,9H,8H2,(H,16,18,22). The van der Waals surface area contributed by atoms with Crippen molar-refractivity contribution >= 4 is 27.8 Å². The number of anilines is 1. The number of hydrogen-bond acceptors (Lipinski definition) is 6. The Morgan fingerprint density at radius 1 is 1.30 bits per heavy atom. The SMILES string of the molecule is O=C(Nc1ccc(Br)cn1)OCc1cccc(-n2cnnn2)c1. The Bertz CT molecular complexity index is 791. The summed E-state index contributed by atoms with van der Waals surface area (Å²) in [5, 5.41) is 13.5. The number of pyridine rings is 1. The molecule has 0 atom stereocenters. The molecule has 0 saturated carbocycles. The van der Waals surface area contributed by atoms with Crippen LogP contribution < -0.4 is 5.32 Å². The zero-order valence-corrected chi connectivity index (χ0v) is 13.3. The van der Waals surface area contributed by atoms with Crippen molar-refractivity contribution < 1.29 is 9.53 Å². The minimum Gasteiger partial charge on any atom is -0.444 e. The third-order valence-electron chi connectivity index (χ3n) is 2.85. The maximum Gasteiger partial charge on any atom is 0.413 e. The van der Waals surface area contributed by atoms with Crippen LogP contribution in [0.1, 0.15) is 5.56 Å². The van der Waals surface area contributed by atoms with E-state index in [0.29, 0.717) is 5.82 Å². The van der Waals surface area contributed by atoms with Gasteiger partial charge in [0.15, 0.2) is 0 Å². The van der Waals surface area contributed by atoms with Gasteiger partial charge in [-0.05, 0) is 56.2 Å². The zero-order valence-electron chi connectivity index (χ0n) is 11.8. The van der Waals surface area contributed by atoms with Crippen LogP contribution in [0.5, 0.6) is 0 Å². The summed E-state index contributed by atoms with van der Waals surface area (Å²) >= 11 is 3.27. The second kappa shape index (κ2) is 6.97. The van der Waals surface area contributed by atoms with E-state index >= 15 is 0 Å². The van der Waals surface area contributed by atoms with Gasteiger partial charge in [-0.3, -0.25) is 5.32 Å². The molecule has 0 aliphatic heterocycles. The molecule has 3 aromatic rings. The molecule has 1 amide bonds. The van der Waals surface area contributed by atoms with Crippen molar-refractivity contribution in [1.82, 2.24) is 25.2 Å². The largest absolute Gasteiger partial charge is 0.444 e. The van der Waals surface area contributed by atoms with Gasteiger partial charge in [0.2, 0.25) is 0 Å². The lowest BCUT2D eigenvalue weighted by atomic mass is 10.2. The number of nitrogens with one attached hydrogen (secondary N) is 1. The van der Waals surface area contributed by atoms with Crippen LogP contribution in [0.4, 0.5) is 10.6 Å². The minimum absolute atomic E-state index is 0.123. The van der Waals surface area contributed by atoms with E-state index < -0.39 is 6.09 Å². The van der Waals surface area contributed by atoms with Crippen LogP contribution in [0.25, 0.3) is 5.69 Å². The van der Waals surface area contributed by atoms with Crippen molar-refractivity contribution in [3.63, 3.8) is 0 Å². The van der Waals surface area contributed by atoms with Crippen molar-refractivity contribution in [2.45, 2.75) is 6.61 Å². The zero-order chi connectivity index (χ0) is 16.1. The summed E-state index contributed by atoms with van der Waals surface area (Å²) in [6, 6.07) is 10.8. The normalized spacial score (nSPS) is 10.3. The third kappa shape index (κ3) is 4.10. The molecule has 0 bridgehead atoms. The number of carbonyl (C=O) groups excluding carboxylic acids is 1. The highest BCUT2D eigenvalue weighted by molar-refractivity contribution is 9.10. The first-order valence-corrected chi connectivity index (χ1v) is 7.37. The number of halogens is 1. The molecule has 0 spiro atoms. The van der Waals surface area contributed by atoms with E-state index in [1.54, 1.807) is 18.3 Å². The molecule has 2 aromatic heterocycles. The predicted molar refractivity (Wildman–Crippen MR) is 84.9 cm³/mol. The van der Waals surface area contributed by atoms with Crippen LogP contribution in [-0.2, 0) is 11.3 Å². The van der Waals surface area contributed by atoms with Crippen LogP contribution in [0.2, 0.25) is 0 Å². The average Bonchev–Trinajstić information content (AvgIpc) is 3.10. The van der Waals surface area contributed by atoms with Gasteiger partial charge in [-0.2, -0.15) is 0 Å². The summed E-state index contributed by atoms with van der Waals surface area (Å²) in [6.07, 6.45) is 2.50. The van der Waals surface area contributed by atoms with Crippen LogP contribution in [0, 0.1) is 0 Å². The molecule has 2 heterocycles. The highest BCUT2D eigenvalue weighted by Crippen LogP contribution is 2.12.